The number of rotatable bonds is 11. The zero-order valence-corrected chi connectivity index (χ0v) is 21.1. The van der Waals surface area contributed by atoms with Crippen LogP contribution in [0.3, 0.4) is 0 Å². The van der Waals surface area contributed by atoms with Gasteiger partial charge in [0.05, 0.1) is 43.9 Å². The lowest BCUT2D eigenvalue weighted by Gasteiger charge is -2.13. The number of hydrogen-bond acceptors (Lipinski definition) is 7. The molecule has 1 amide bonds. The van der Waals surface area contributed by atoms with Crippen LogP contribution in [0.15, 0.2) is 66.7 Å². The molecule has 0 bridgehead atoms. The van der Waals surface area contributed by atoms with E-state index in [0.717, 1.165) is 5.56 Å². The van der Waals surface area contributed by atoms with Crippen molar-refractivity contribution >= 4 is 27.6 Å². The van der Waals surface area contributed by atoms with E-state index in [9.17, 15) is 18.0 Å². The first-order chi connectivity index (χ1) is 17.3. The molecule has 0 aliphatic carbocycles. The Bertz CT molecular complexity index is 1320. The van der Waals surface area contributed by atoms with Gasteiger partial charge in [0, 0.05) is 6.54 Å². The molecule has 0 unspecified atom stereocenters. The van der Waals surface area contributed by atoms with E-state index in [0.29, 0.717) is 35.6 Å². The Morgan fingerprint density at radius 1 is 0.833 bits per heavy atom. The molecule has 0 saturated heterocycles. The van der Waals surface area contributed by atoms with E-state index in [4.69, 9.17) is 9.47 Å². The number of amides is 1. The summed E-state index contributed by atoms with van der Waals surface area (Å²) in [4.78, 5) is 24.4. The quantitative estimate of drug-likeness (QED) is 0.378. The molecule has 0 saturated carbocycles. The van der Waals surface area contributed by atoms with Crippen LogP contribution in [-0.4, -0.2) is 48.2 Å². The van der Waals surface area contributed by atoms with E-state index >= 15 is 0 Å². The average molecular weight is 513 g/mol. The van der Waals surface area contributed by atoms with Crippen molar-refractivity contribution in [2.75, 3.05) is 32.6 Å². The van der Waals surface area contributed by atoms with Crippen molar-refractivity contribution in [2.45, 2.75) is 12.2 Å². The van der Waals surface area contributed by atoms with Crippen LogP contribution < -0.4 is 19.5 Å². The van der Waals surface area contributed by atoms with E-state index in [1.54, 1.807) is 38.5 Å². The number of hydrogen-bond donors (Lipinski definition) is 2. The van der Waals surface area contributed by atoms with Crippen LogP contribution in [0.2, 0.25) is 0 Å². The fourth-order valence-electron chi connectivity index (χ4n) is 3.50. The number of carbonyl (C=O) groups excluding carboxylic acids is 2. The predicted molar refractivity (Wildman–Crippen MR) is 136 cm³/mol. The van der Waals surface area contributed by atoms with Gasteiger partial charge in [0.25, 0.3) is 5.91 Å². The molecule has 36 heavy (non-hydrogen) atoms. The van der Waals surface area contributed by atoms with E-state index < -0.39 is 21.9 Å². The van der Waals surface area contributed by atoms with Crippen LogP contribution in [0.1, 0.15) is 31.8 Å². The number of nitrogens with one attached hydrogen (secondary N) is 2. The topological polar surface area (TPSA) is 120 Å². The summed E-state index contributed by atoms with van der Waals surface area (Å²) in [7, 11) is 0.554. The third-order valence-electron chi connectivity index (χ3n) is 5.32. The van der Waals surface area contributed by atoms with Crippen LogP contribution in [-0.2, 0) is 26.9 Å². The number of carbonyl (C=O) groups is 2. The molecule has 0 fully saturated rings. The summed E-state index contributed by atoms with van der Waals surface area (Å²) in [5.74, 6) is -0.0271. The molecular weight excluding hydrogens is 484 g/mol. The van der Waals surface area contributed by atoms with Gasteiger partial charge < -0.3 is 19.5 Å². The third-order valence-corrected chi connectivity index (χ3v) is 6.56. The molecule has 2 N–H and O–H groups in total. The van der Waals surface area contributed by atoms with Gasteiger partial charge >= 0.3 is 5.97 Å². The Morgan fingerprint density at radius 3 is 2.17 bits per heavy atom. The maximum absolute atomic E-state index is 12.8. The van der Waals surface area contributed by atoms with E-state index in [-0.39, 0.29) is 17.0 Å². The number of ether oxygens (including phenoxy) is 3. The van der Waals surface area contributed by atoms with Crippen LogP contribution >= 0.6 is 0 Å². The maximum atomic E-state index is 12.8. The van der Waals surface area contributed by atoms with E-state index in [1.807, 2.05) is 12.1 Å². The normalized spacial score (nSPS) is 10.9. The largest absolute Gasteiger partial charge is 0.493 e. The monoisotopic (exact) mass is 512 g/mol. The van der Waals surface area contributed by atoms with Gasteiger partial charge in [0.2, 0.25) is 10.0 Å². The Morgan fingerprint density at radius 2 is 1.50 bits per heavy atom. The molecule has 0 aliphatic rings. The first kappa shape index (κ1) is 26.6. The Labute approximate surface area is 210 Å². The minimum Gasteiger partial charge on any atom is -0.493 e. The maximum Gasteiger partial charge on any atom is 0.337 e. The molecule has 0 radical (unpaired) electrons. The summed E-state index contributed by atoms with van der Waals surface area (Å²) in [5, 5.41) is 2.82. The predicted octanol–water partition coefficient (Wildman–Crippen LogP) is 3.40. The zero-order valence-electron chi connectivity index (χ0n) is 20.2. The summed E-state index contributed by atoms with van der Waals surface area (Å²) in [6.45, 7) is 0.335. The highest BCUT2D eigenvalue weighted by Crippen LogP contribution is 2.27. The molecule has 0 aromatic heterocycles. The standard InChI is InChI=1S/C26H28N2O7S/c1-33-23-13-10-18(16-24(23)34-2)14-15-27-25(29)21-6-4-5-7-22(21)28-36(31,32)17-19-8-11-20(12-9-19)26(30)35-3/h4-13,16,28H,14-15,17H2,1-3H3,(H,27,29). The molecule has 0 spiro atoms. The molecule has 3 aromatic rings. The van der Waals surface area contributed by atoms with Crippen LogP contribution in [0.25, 0.3) is 0 Å². The van der Waals surface area contributed by atoms with Gasteiger partial charge in [-0.15, -0.1) is 0 Å². The number of para-hydroxylation sites is 1. The summed E-state index contributed by atoms with van der Waals surface area (Å²) in [6.07, 6.45) is 0.543. The van der Waals surface area contributed by atoms with E-state index in [1.165, 1.54) is 37.4 Å². The van der Waals surface area contributed by atoms with Crippen molar-refractivity contribution in [3.05, 3.63) is 89.0 Å². The highest BCUT2D eigenvalue weighted by Gasteiger charge is 2.18. The first-order valence-electron chi connectivity index (χ1n) is 11.0. The highest BCUT2D eigenvalue weighted by atomic mass is 32.2. The van der Waals surface area contributed by atoms with Crippen LogP contribution in [0.4, 0.5) is 5.69 Å². The van der Waals surface area contributed by atoms with Crippen LogP contribution in [0.5, 0.6) is 11.5 Å². The molecule has 3 aromatic carbocycles. The number of benzene rings is 3. The third kappa shape index (κ3) is 6.98. The van der Waals surface area contributed by atoms with Gasteiger partial charge in [0.1, 0.15) is 0 Å². The number of methoxy groups -OCH3 is 3. The van der Waals surface area contributed by atoms with Gasteiger partial charge in [-0.3, -0.25) is 9.52 Å². The van der Waals surface area contributed by atoms with E-state index in [2.05, 4.69) is 14.8 Å². The number of esters is 1. The molecular formula is C26H28N2O7S. The lowest BCUT2D eigenvalue weighted by atomic mass is 10.1. The van der Waals surface area contributed by atoms with Gasteiger partial charge in [-0.25, -0.2) is 13.2 Å². The average Bonchev–Trinajstić information content (AvgIpc) is 2.88. The van der Waals surface area contributed by atoms with Crippen LogP contribution in [0, 0.1) is 0 Å². The van der Waals surface area contributed by atoms with Crippen molar-refractivity contribution < 1.29 is 32.2 Å². The molecule has 0 aliphatic heterocycles. The summed E-state index contributed by atoms with van der Waals surface area (Å²) < 4.78 is 43.2. The van der Waals surface area contributed by atoms with Gasteiger partial charge in [-0.2, -0.15) is 0 Å². The Balaban J connectivity index is 1.64. The Hall–Kier alpha value is -4.05. The summed E-state index contributed by atoms with van der Waals surface area (Å²) in [6, 6.07) is 18.0. The van der Waals surface area contributed by atoms with Crippen molar-refractivity contribution in [1.82, 2.24) is 5.32 Å². The first-order valence-corrected chi connectivity index (χ1v) is 12.7. The van der Waals surface area contributed by atoms with Gasteiger partial charge in [-0.1, -0.05) is 30.3 Å². The Kier molecular flexibility index (Phi) is 8.91. The molecule has 190 valence electrons. The molecule has 0 atom stereocenters. The summed E-state index contributed by atoms with van der Waals surface area (Å²) in [5.41, 5.74) is 2.12. The van der Waals surface area contributed by atoms with Crippen molar-refractivity contribution in [3.8, 4) is 11.5 Å². The minimum absolute atomic E-state index is 0.173. The van der Waals surface area contributed by atoms with Gasteiger partial charge in [-0.05, 0) is 53.9 Å². The second-order valence-corrected chi connectivity index (χ2v) is 9.51. The number of sulfonamides is 1. The fraction of sp³-hybridized carbons (Fsp3) is 0.231. The lowest BCUT2D eigenvalue weighted by molar-refractivity contribution is 0.0600. The molecule has 0 heterocycles. The smallest absolute Gasteiger partial charge is 0.337 e. The van der Waals surface area contributed by atoms with Gasteiger partial charge in [0.15, 0.2) is 11.5 Å². The van der Waals surface area contributed by atoms with Crippen molar-refractivity contribution in [3.63, 3.8) is 0 Å². The molecule has 10 heteroatoms. The van der Waals surface area contributed by atoms with Crippen molar-refractivity contribution in [2.24, 2.45) is 0 Å². The lowest BCUT2D eigenvalue weighted by Crippen LogP contribution is -2.27. The summed E-state index contributed by atoms with van der Waals surface area (Å²) >= 11 is 0. The minimum atomic E-state index is -3.83. The SMILES string of the molecule is COC(=O)c1ccc(CS(=O)(=O)Nc2ccccc2C(=O)NCCc2ccc(OC)c(OC)c2)cc1. The second kappa shape index (κ2) is 12.1. The molecule has 3 rings (SSSR count). The number of anilines is 1. The van der Waals surface area contributed by atoms with Crippen molar-refractivity contribution in [1.29, 1.82) is 0 Å². The second-order valence-electron chi connectivity index (χ2n) is 7.79. The zero-order chi connectivity index (χ0) is 26.1. The highest BCUT2D eigenvalue weighted by molar-refractivity contribution is 7.91. The molecule has 9 nitrogen and oxygen atoms in total. The fourth-order valence-corrected chi connectivity index (χ4v) is 4.72.